The number of thiol groups is 1. The van der Waals surface area contributed by atoms with E-state index in [9.17, 15) is 0 Å². The zero-order valence-electron chi connectivity index (χ0n) is 12.5. The minimum absolute atomic E-state index is 1.27. The molecule has 0 atom stereocenters. The highest BCUT2D eigenvalue weighted by Crippen LogP contribution is 2.60. The summed E-state index contributed by atoms with van der Waals surface area (Å²) in [6.07, 6.45) is 19.3. The minimum Gasteiger partial charge on any atom is -0.290 e. The molecule has 102 valence electrons. The Morgan fingerprint density at radius 3 is 1.25 bits per heavy atom. The van der Waals surface area contributed by atoms with Crippen LogP contribution in [-0.2, 0) is 0 Å². The Bertz CT molecular complexity index is 148. The van der Waals surface area contributed by atoms with Gasteiger partial charge in [0, 0.05) is 0 Å². The zero-order chi connectivity index (χ0) is 12.5. The maximum absolute atomic E-state index is 2.60. The second kappa shape index (κ2) is 7.63. The van der Waals surface area contributed by atoms with Crippen LogP contribution in [0, 0.1) is 0 Å². The topological polar surface area (TPSA) is 0 Å². The molecule has 1 heteroatoms. The summed E-state index contributed by atoms with van der Waals surface area (Å²) < 4.78 is 0. The molecule has 0 N–H and O–H groups in total. The van der Waals surface area contributed by atoms with Gasteiger partial charge < -0.3 is 0 Å². The molecule has 0 rings (SSSR count). The SMILES string of the molecule is CCCCCC[SH](C)(C)(C)CCCCCC. The standard InChI is InChI=1S/C15H36S/c1-6-8-10-12-14-16(3,4,5)15-13-11-9-7-2/h16H,6-15H2,1-5H3. The van der Waals surface area contributed by atoms with E-state index in [0.29, 0.717) is 0 Å². The van der Waals surface area contributed by atoms with Crippen LogP contribution in [0.15, 0.2) is 0 Å². The van der Waals surface area contributed by atoms with Crippen molar-refractivity contribution in [3.8, 4) is 0 Å². The van der Waals surface area contributed by atoms with E-state index in [0.717, 1.165) is 0 Å². The van der Waals surface area contributed by atoms with Gasteiger partial charge in [-0.3, -0.25) is 9.16 Å². The number of rotatable bonds is 10. The molecule has 0 heterocycles. The molecule has 0 nitrogen and oxygen atoms in total. The van der Waals surface area contributed by atoms with Crippen molar-refractivity contribution < 1.29 is 0 Å². The molecule has 0 aromatic rings. The highest BCUT2D eigenvalue weighted by Gasteiger charge is 2.23. The summed E-state index contributed by atoms with van der Waals surface area (Å²) in [5, 5.41) is 0. The Morgan fingerprint density at radius 2 is 0.938 bits per heavy atom. The molecule has 0 aliphatic rings. The Labute approximate surface area is 105 Å². The molecule has 0 aliphatic heterocycles. The number of hydrogen-bond acceptors (Lipinski definition) is 0. The van der Waals surface area contributed by atoms with Gasteiger partial charge in [-0.15, -0.1) is 0 Å². The largest absolute Gasteiger partial charge is 0.290 e. The summed E-state index contributed by atoms with van der Waals surface area (Å²) in [5.74, 6) is 3.05. The fourth-order valence-electron chi connectivity index (χ4n) is 2.36. The van der Waals surface area contributed by atoms with Crippen molar-refractivity contribution in [2.45, 2.75) is 65.2 Å². The fourth-order valence-corrected chi connectivity index (χ4v) is 5.38. The highest BCUT2D eigenvalue weighted by molar-refractivity contribution is 8.48. The van der Waals surface area contributed by atoms with E-state index in [4.69, 9.17) is 0 Å². The molecular formula is C15H36S. The number of unbranched alkanes of at least 4 members (excludes halogenated alkanes) is 6. The molecule has 0 saturated heterocycles. The Hall–Kier alpha value is 0.350. The van der Waals surface area contributed by atoms with E-state index < -0.39 is 9.16 Å². The van der Waals surface area contributed by atoms with Crippen LogP contribution in [0.3, 0.4) is 0 Å². The van der Waals surface area contributed by atoms with Crippen LogP contribution in [0.5, 0.6) is 0 Å². The molecule has 0 aromatic heterocycles. The average molecular weight is 249 g/mol. The van der Waals surface area contributed by atoms with Crippen molar-refractivity contribution >= 4 is 9.16 Å². The Morgan fingerprint density at radius 1 is 0.562 bits per heavy atom. The Balaban J connectivity index is 3.75. The van der Waals surface area contributed by atoms with Crippen molar-refractivity contribution in [3.05, 3.63) is 0 Å². The molecule has 0 aromatic carbocycles. The van der Waals surface area contributed by atoms with Gasteiger partial charge in [0.25, 0.3) is 0 Å². The highest BCUT2D eigenvalue weighted by atomic mass is 32.3. The van der Waals surface area contributed by atoms with Gasteiger partial charge in [0.1, 0.15) is 0 Å². The number of hydrogen-bond donors (Lipinski definition) is 1. The van der Waals surface area contributed by atoms with Crippen LogP contribution in [0.2, 0.25) is 0 Å². The molecule has 0 amide bonds. The lowest BCUT2D eigenvalue weighted by Crippen LogP contribution is -2.21. The third kappa shape index (κ3) is 9.57. The first kappa shape index (κ1) is 16.4. The van der Waals surface area contributed by atoms with Gasteiger partial charge in [-0.1, -0.05) is 52.4 Å². The van der Waals surface area contributed by atoms with Crippen molar-refractivity contribution in [2.24, 2.45) is 0 Å². The summed E-state index contributed by atoms with van der Waals surface area (Å²) in [7, 11) is -1.27. The van der Waals surface area contributed by atoms with Crippen LogP contribution in [0.1, 0.15) is 65.2 Å². The van der Waals surface area contributed by atoms with Crippen molar-refractivity contribution in [1.29, 1.82) is 0 Å². The second-order valence-electron chi connectivity index (χ2n) is 7.03. The summed E-state index contributed by atoms with van der Waals surface area (Å²) in [5.41, 5.74) is 0. The maximum atomic E-state index is 2.60. The van der Waals surface area contributed by atoms with Crippen molar-refractivity contribution in [2.75, 3.05) is 30.3 Å². The van der Waals surface area contributed by atoms with E-state index in [-0.39, 0.29) is 0 Å². The van der Waals surface area contributed by atoms with E-state index in [2.05, 4.69) is 32.6 Å². The molecule has 0 spiro atoms. The van der Waals surface area contributed by atoms with Crippen molar-refractivity contribution in [3.63, 3.8) is 0 Å². The van der Waals surface area contributed by atoms with E-state index in [1.807, 2.05) is 0 Å². The second-order valence-corrected chi connectivity index (χ2v) is 14.9. The minimum atomic E-state index is -1.27. The normalized spacial score (nSPS) is 14.7. The van der Waals surface area contributed by atoms with Crippen LogP contribution >= 0.6 is 9.16 Å². The lowest BCUT2D eigenvalue weighted by molar-refractivity contribution is 0.695. The summed E-state index contributed by atoms with van der Waals surface area (Å²) in [6, 6.07) is 0. The van der Waals surface area contributed by atoms with Gasteiger partial charge in [0.05, 0.1) is 0 Å². The average Bonchev–Trinajstić information content (AvgIpc) is 2.19. The predicted octanol–water partition coefficient (Wildman–Crippen LogP) is 5.11. The van der Waals surface area contributed by atoms with Crippen molar-refractivity contribution in [1.82, 2.24) is 0 Å². The van der Waals surface area contributed by atoms with Crippen LogP contribution in [-0.4, -0.2) is 30.3 Å². The van der Waals surface area contributed by atoms with Gasteiger partial charge >= 0.3 is 0 Å². The van der Waals surface area contributed by atoms with Gasteiger partial charge in [-0.25, -0.2) is 0 Å². The Kier molecular flexibility index (Phi) is 7.80. The first-order chi connectivity index (χ1) is 7.39. The lowest BCUT2D eigenvalue weighted by atomic mass is 10.2. The molecule has 0 saturated carbocycles. The van der Waals surface area contributed by atoms with Gasteiger partial charge in [0.2, 0.25) is 0 Å². The molecule has 0 aliphatic carbocycles. The smallest absolute Gasteiger partial charge is 0.0362 e. The predicted molar refractivity (Wildman–Crippen MR) is 84.8 cm³/mol. The molecule has 0 unspecified atom stereocenters. The fraction of sp³-hybridized carbons (Fsp3) is 1.00. The lowest BCUT2D eigenvalue weighted by Gasteiger charge is -2.52. The van der Waals surface area contributed by atoms with Gasteiger partial charge in [-0.05, 0) is 43.1 Å². The van der Waals surface area contributed by atoms with Gasteiger partial charge in [0.15, 0.2) is 0 Å². The van der Waals surface area contributed by atoms with E-state index in [1.54, 1.807) is 0 Å². The first-order valence-corrected chi connectivity index (χ1v) is 11.3. The van der Waals surface area contributed by atoms with Gasteiger partial charge in [-0.2, -0.15) is 0 Å². The molecule has 0 fully saturated rings. The summed E-state index contributed by atoms with van der Waals surface area (Å²) in [6.45, 7) is 4.60. The first-order valence-electron chi connectivity index (χ1n) is 7.39. The molecule has 0 radical (unpaired) electrons. The quantitative estimate of drug-likeness (QED) is 0.403. The van der Waals surface area contributed by atoms with Crippen LogP contribution in [0.25, 0.3) is 0 Å². The summed E-state index contributed by atoms with van der Waals surface area (Å²) in [4.78, 5) is 0. The molecule has 0 bridgehead atoms. The van der Waals surface area contributed by atoms with E-state index in [1.165, 1.54) is 62.9 Å². The monoisotopic (exact) mass is 248 g/mol. The van der Waals surface area contributed by atoms with E-state index >= 15 is 0 Å². The van der Waals surface area contributed by atoms with Crippen LogP contribution in [0.4, 0.5) is 0 Å². The summed E-state index contributed by atoms with van der Waals surface area (Å²) >= 11 is 0. The third-order valence-electron chi connectivity index (χ3n) is 3.68. The van der Waals surface area contributed by atoms with Crippen LogP contribution < -0.4 is 0 Å². The molecular weight excluding hydrogens is 212 g/mol. The third-order valence-corrected chi connectivity index (χ3v) is 7.63. The molecule has 16 heavy (non-hydrogen) atoms. The maximum Gasteiger partial charge on any atom is -0.0362 e. The zero-order valence-corrected chi connectivity index (χ0v) is 13.4.